The molecule has 102 heavy (non-hydrogen) atoms. The van der Waals surface area contributed by atoms with Crippen molar-refractivity contribution in [3.63, 3.8) is 0 Å². The maximum atomic E-state index is 13.1. The van der Waals surface area contributed by atoms with Crippen LogP contribution in [0.25, 0.3) is 0 Å². The van der Waals surface area contributed by atoms with Gasteiger partial charge in [-0.05, 0) is 49.4 Å². The Bertz CT molecular complexity index is 1990. The molecule has 19 heteroatoms. The van der Waals surface area contributed by atoms with Crippen LogP contribution in [0.1, 0.15) is 428 Å². The van der Waals surface area contributed by atoms with Crippen LogP contribution in [0.3, 0.4) is 0 Å². The van der Waals surface area contributed by atoms with E-state index in [4.69, 9.17) is 37.0 Å². The molecule has 0 fully saturated rings. The summed E-state index contributed by atoms with van der Waals surface area (Å²) in [7, 11) is -9.92. The van der Waals surface area contributed by atoms with Gasteiger partial charge in [0.15, 0.2) is 12.2 Å². The Hall–Kier alpha value is -1.94. The number of carbonyl (C=O) groups excluding carboxylic acids is 4. The number of phosphoric ester groups is 2. The summed E-state index contributed by atoms with van der Waals surface area (Å²) in [6.45, 7) is 14.3. The summed E-state index contributed by atoms with van der Waals surface area (Å²) >= 11 is 0. The summed E-state index contributed by atoms with van der Waals surface area (Å²) in [4.78, 5) is 73.1. The molecule has 0 aliphatic carbocycles. The van der Waals surface area contributed by atoms with Crippen LogP contribution in [0, 0.1) is 23.7 Å². The molecule has 0 aliphatic heterocycles. The van der Waals surface area contributed by atoms with Crippen molar-refractivity contribution in [3.05, 3.63) is 0 Å². The van der Waals surface area contributed by atoms with E-state index < -0.39 is 97.5 Å². The number of hydrogen-bond acceptors (Lipinski definition) is 15. The van der Waals surface area contributed by atoms with Gasteiger partial charge in [-0.2, -0.15) is 0 Å². The molecule has 0 spiro atoms. The quantitative estimate of drug-likeness (QED) is 0.0222. The largest absolute Gasteiger partial charge is 0.472 e. The van der Waals surface area contributed by atoms with Gasteiger partial charge in [-0.15, -0.1) is 0 Å². The molecule has 0 rings (SSSR count). The predicted octanol–water partition coefficient (Wildman–Crippen LogP) is 24.8. The van der Waals surface area contributed by atoms with E-state index in [0.29, 0.717) is 25.7 Å². The highest BCUT2D eigenvalue weighted by molar-refractivity contribution is 7.47. The summed E-state index contributed by atoms with van der Waals surface area (Å²) in [6, 6.07) is 0. The second kappa shape index (κ2) is 72.0. The Morgan fingerprint density at radius 1 is 0.275 bits per heavy atom. The van der Waals surface area contributed by atoms with Gasteiger partial charge < -0.3 is 33.8 Å². The van der Waals surface area contributed by atoms with E-state index in [1.165, 1.54) is 225 Å². The average Bonchev–Trinajstić information content (AvgIpc) is 0.954. The third kappa shape index (κ3) is 74.9. The number of unbranched alkanes of at least 4 members (excludes halogenated alkanes) is 45. The monoisotopic (exact) mass is 1490 g/mol. The molecule has 0 saturated carbocycles. The summed E-state index contributed by atoms with van der Waals surface area (Å²) in [5.41, 5.74) is 0. The third-order valence-corrected chi connectivity index (χ3v) is 21.6. The molecule has 606 valence electrons. The van der Waals surface area contributed by atoms with Crippen LogP contribution in [0.2, 0.25) is 0 Å². The average molecular weight is 1490 g/mol. The Labute approximate surface area is 626 Å². The first-order valence-electron chi connectivity index (χ1n) is 42.7. The number of carbonyl (C=O) groups is 4. The molecule has 0 saturated heterocycles. The minimum absolute atomic E-state index is 0.106. The van der Waals surface area contributed by atoms with Crippen molar-refractivity contribution < 1.29 is 80.2 Å². The molecule has 0 aliphatic rings. The molecular weight excluding hydrogens is 1330 g/mol. The van der Waals surface area contributed by atoms with Crippen LogP contribution in [-0.4, -0.2) is 96.7 Å². The first-order valence-corrected chi connectivity index (χ1v) is 45.7. The summed E-state index contributed by atoms with van der Waals surface area (Å²) < 4.78 is 68.8. The minimum atomic E-state index is -4.96. The van der Waals surface area contributed by atoms with Crippen molar-refractivity contribution >= 4 is 39.5 Å². The van der Waals surface area contributed by atoms with Gasteiger partial charge in [0.2, 0.25) is 0 Å². The molecule has 0 bridgehead atoms. The van der Waals surface area contributed by atoms with Crippen molar-refractivity contribution in [2.45, 2.75) is 446 Å². The van der Waals surface area contributed by atoms with Gasteiger partial charge in [0, 0.05) is 25.7 Å². The molecule has 0 aromatic heterocycles. The lowest BCUT2D eigenvalue weighted by Crippen LogP contribution is -2.30. The van der Waals surface area contributed by atoms with Crippen LogP contribution in [0.5, 0.6) is 0 Å². The fourth-order valence-corrected chi connectivity index (χ4v) is 14.3. The normalized spacial score (nSPS) is 14.3. The van der Waals surface area contributed by atoms with Gasteiger partial charge in [-0.3, -0.25) is 37.3 Å². The molecule has 3 N–H and O–H groups in total. The van der Waals surface area contributed by atoms with Crippen LogP contribution in [-0.2, 0) is 65.4 Å². The Kier molecular flexibility index (Phi) is 70.6. The number of aliphatic hydroxyl groups excluding tert-OH is 1. The molecule has 0 radical (unpaired) electrons. The standard InChI is InChI=1S/C83H162O17P2/c1-9-76(8)62-54-46-41-42-48-56-64-81(86)94-70-79(100-82(87)65-57-49-39-33-26-22-18-14-16-20-24-30-36-44-52-60-74(4)5)72-98-102(91,92)96-68-77(84)67-95-101(89,90)97-71-78(99-83(88)66-58-50-40-34-28-27-31-37-45-53-61-75(6)7)69-93-80(85)63-55-47-38-32-25-21-17-13-11-10-12-15-19-23-29-35-43-51-59-73(2)3/h73-79,84H,9-72H2,1-8H3,(H,89,90)(H,91,92)/t76?,77-,78-,79-/m1/s1. The maximum absolute atomic E-state index is 13.1. The van der Waals surface area contributed by atoms with E-state index >= 15 is 0 Å². The van der Waals surface area contributed by atoms with E-state index in [-0.39, 0.29) is 25.7 Å². The van der Waals surface area contributed by atoms with Gasteiger partial charge in [0.05, 0.1) is 26.4 Å². The number of aliphatic hydroxyl groups is 1. The van der Waals surface area contributed by atoms with E-state index in [2.05, 4.69) is 55.4 Å². The van der Waals surface area contributed by atoms with E-state index in [1.54, 1.807) is 0 Å². The Morgan fingerprint density at radius 3 is 0.696 bits per heavy atom. The Balaban J connectivity index is 5.19. The molecule has 0 aromatic rings. The third-order valence-electron chi connectivity index (χ3n) is 19.7. The molecular formula is C83H162O17P2. The first-order chi connectivity index (χ1) is 49.1. The van der Waals surface area contributed by atoms with E-state index in [9.17, 15) is 43.2 Å². The number of esters is 4. The van der Waals surface area contributed by atoms with Gasteiger partial charge in [-0.25, -0.2) is 9.13 Å². The molecule has 6 atom stereocenters. The van der Waals surface area contributed by atoms with Crippen LogP contribution in [0.15, 0.2) is 0 Å². The molecule has 17 nitrogen and oxygen atoms in total. The van der Waals surface area contributed by atoms with Crippen molar-refractivity contribution in [3.8, 4) is 0 Å². The zero-order chi connectivity index (χ0) is 75.3. The van der Waals surface area contributed by atoms with E-state index in [1.807, 2.05) is 0 Å². The molecule has 0 amide bonds. The smallest absolute Gasteiger partial charge is 0.462 e. The highest BCUT2D eigenvalue weighted by Gasteiger charge is 2.30. The number of rotatable bonds is 80. The van der Waals surface area contributed by atoms with Crippen molar-refractivity contribution in [1.82, 2.24) is 0 Å². The predicted molar refractivity (Wildman–Crippen MR) is 418 cm³/mol. The lowest BCUT2D eigenvalue weighted by atomic mass is 10.00. The summed E-state index contributed by atoms with van der Waals surface area (Å²) in [6.07, 6.45) is 59.8. The van der Waals surface area contributed by atoms with Crippen molar-refractivity contribution in [2.24, 2.45) is 23.7 Å². The van der Waals surface area contributed by atoms with Crippen molar-refractivity contribution in [2.75, 3.05) is 39.6 Å². The highest BCUT2D eigenvalue weighted by Crippen LogP contribution is 2.45. The Morgan fingerprint density at radius 2 is 0.471 bits per heavy atom. The molecule has 0 heterocycles. The lowest BCUT2D eigenvalue weighted by Gasteiger charge is -2.21. The number of ether oxygens (including phenoxy) is 4. The maximum Gasteiger partial charge on any atom is 0.472 e. The second-order valence-corrected chi connectivity index (χ2v) is 34.4. The van der Waals surface area contributed by atoms with Crippen LogP contribution >= 0.6 is 15.6 Å². The van der Waals surface area contributed by atoms with Gasteiger partial charge in [0.25, 0.3) is 0 Å². The highest BCUT2D eigenvalue weighted by atomic mass is 31.2. The fourth-order valence-electron chi connectivity index (χ4n) is 12.8. The zero-order valence-electron chi connectivity index (χ0n) is 67.2. The number of phosphoric acid groups is 2. The number of hydrogen-bond donors (Lipinski definition) is 3. The van der Waals surface area contributed by atoms with Crippen LogP contribution in [0.4, 0.5) is 0 Å². The topological polar surface area (TPSA) is 237 Å². The zero-order valence-corrected chi connectivity index (χ0v) is 69.0. The van der Waals surface area contributed by atoms with Gasteiger partial charge in [-0.1, -0.05) is 376 Å². The SMILES string of the molecule is CCC(C)CCCCCCCCC(=O)OC[C@H](COP(=O)(O)OC[C@H](O)COP(=O)(O)OC[C@@H](COC(=O)CCCCCCCCCCCCCCCCCCCCC(C)C)OC(=O)CCCCCCCCCCCCC(C)C)OC(=O)CCCCCCCCCCCCCCCCCC(C)C. The molecule has 3 unspecified atom stereocenters. The van der Waals surface area contributed by atoms with E-state index in [0.717, 1.165) is 120 Å². The summed E-state index contributed by atoms with van der Waals surface area (Å²) in [5.74, 6) is 0.995. The lowest BCUT2D eigenvalue weighted by molar-refractivity contribution is -0.161. The second-order valence-electron chi connectivity index (χ2n) is 31.5. The van der Waals surface area contributed by atoms with Gasteiger partial charge >= 0.3 is 39.5 Å². The van der Waals surface area contributed by atoms with Crippen LogP contribution < -0.4 is 0 Å². The summed E-state index contributed by atoms with van der Waals surface area (Å²) in [5, 5.41) is 10.6. The fraction of sp³-hybridized carbons (Fsp3) is 0.952. The molecule has 0 aromatic carbocycles. The minimum Gasteiger partial charge on any atom is -0.462 e. The first kappa shape index (κ1) is 100. The van der Waals surface area contributed by atoms with Crippen molar-refractivity contribution in [1.29, 1.82) is 0 Å². The van der Waals surface area contributed by atoms with Gasteiger partial charge in [0.1, 0.15) is 19.3 Å².